The SMILES string of the molecule is CC(O)(CO)C(=O)N1CCC([C@@H](N)c2cc(Cl)c(Cl)cc2O)CC1. The first-order valence-electron chi connectivity index (χ1n) is 7.73. The third-order valence-corrected chi connectivity index (χ3v) is 5.25. The first-order valence-corrected chi connectivity index (χ1v) is 8.49. The molecule has 1 heterocycles. The van der Waals surface area contributed by atoms with Gasteiger partial charge in [-0.25, -0.2) is 0 Å². The smallest absolute Gasteiger partial charge is 0.256 e. The van der Waals surface area contributed by atoms with Gasteiger partial charge in [-0.2, -0.15) is 0 Å². The molecule has 1 fully saturated rings. The number of hydrogen-bond acceptors (Lipinski definition) is 5. The molecule has 1 amide bonds. The van der Waals surface area contributed by atoms with E-state index >= 15 is 0 Å². The van der Waals surface area contributed by atoms with E-state index in [-0.39, 0.29) is 16.7 Å². The lowest BCUT2D eigenvalue weighted by molar-refractivity contribution is -0.154. The summed E-state index contributed by atoms with van der Waals surface area (Å²) in [4.78, 5) is 13.7. The van der Waals surface area contributed by atoms with Crippen LogP contribution in [-0.4, -0.2) is 51.4 Å². The van der Waals surface area contributed by atoms with Crippen molar-refractivity contribution < 1.29 is 20.1 Å². The third kappa shape index (κ3) is 3.95. The van der Waals surface area contributed by atoms with Gasteiger partial charge in [0, 0.05) is 30.8 Å². The van der Waals surface area contributed by atoms with Crippen LogP contribution in [0.1, 0.15) is 31.4 Å². The molecule has 5 N–H and O–H groups in total. The number of aliphatic hydroxyl groups is 2. The highest BCUT2D eigenvalue weighted by molar-refractivity contribution is 6.42. The number of hydrogen-bond donors (Lipinski definition) is 4. The maximum absolute atomic E-state index is 12.1. The number of benzene rings is 1. The molecular formula is C16H22Cl2N2O4. The summed E-state index contributed by atoms with van der Waals surface area (Å²) in [6.07, 6.45) is 1.24. The fourth-order valence-electron chi connectivity index (χ4n) is 2.94. The topological polar surface area (TPSA) is 107 Å². The molecule has 1 saturated heterocycles. The van der Waals surface area contributed by atoms with Gasteiger partial charge >= 0.3 is 0 Å². The van der Waals surface area contributed by atoms with Crippen LogP contribution in [0.3, 0.4) is 0 Å². The van der Waals surface area contributed by atoms with Crippen molar-refractivity contribution in [3.63, 3.8) is 0 Å². The zero-order valence-electron chi connectivity index (χ0n) is 13.4. The molecule has 8 heteroatoms. The average molecular weight is 377 g/mol. The molecule has 134 valence electrons. The van der Waals surface area contributed by atoms with Gasteiger partial charge in [0.15, 0.2) is 5.60 Å². The number of phenolic OH excluding ortho intramolecular Hbond substituents is 1. The number of carbonyl (C=O) groups is 1. The van der Waals surface area contributed by atoms with Crippen LogP contribution in [-0.2, 0) is 4.79 Å². The highest BCUT2D eigenvalue weighted by Crippen LogP contribution is 2.37. The fraction of sp³-hybridized carbons (Fsp3) is 0.562. The van der Waals surface area contributed by atoms with E-state index in [1.165, 1.54) is 17.9 Å². The van der Waals surface area contributed by atoms with Gasteiger partial charge in [-0.15, -0.1) is 0 Å². The molecular weight excluding hydrogens is 355 g/mol. The molecule has 0 bridgehead atoms. The summed E-state index contributed by atoms with van der Waals surface area (Å²) >= 11 is 11.9. The van der Waals surface area contributed by atoms with E-state index in [4.69, 9.17) is 34.0 Å². The van der Waals surface area contributed by atoms with Gasteiger partial charge in [0.2, 0.25) is 0 Å². The molecule has 1 aliphatic rings. The number of piperidine rings is 1. The van der Waals surface area contributed by atoms with Crippen LogP contribution in [0, 0.1) is 5.92 Å². The minimum atomic E-state index is -1.77. The van der Waals surface area contributed by atoms with E-state index in [0.29, 0.717) is 36.5 Å². The minimum Gasteiger partial charge on any atom is -0.508 e. The number of amides is 1. The summed E-state index contributed by atoms with van der Waals surface area (Å²) in [6.45, 7) is 1.52. The fourth-order valence-corrected chi connectivity index (χ4v) is 3.27. The number of phenols is 1. The summed E-state index contributed by atoms with van der Waals surface area (Å²) in [7, 11) is 0. The lowest BCUT2D eigenvalue weighted by Gasteiger charge is -2.37. The maximum Gasteiger partial charge on any atom is 0.256 e. The van der Waals surface area contributed by atoms with E-state index < -0.39 is 24.2 Å². The van der Waals surface area contributed by atoms with Crippen molar-refractivity contribution in [2.24, 2.45) is 11.7 Å². The second-order valence-corrected chi connectivity index (χ2v) is 7.23. The number of aliphatic hydroxyl groups excluding tert-OH is 1. The Morgan fingerprint density at radius 3 is 2.46 bits per heavy atom. The molecule has 24 heavy (non-hydrogen) atoms. The third-order valence-electron chi connectivity index (χ3n) is 4.53. The lowest BCUT2D eigenvalue weighted by atomic mass is 9.85. The first kappa shape index (κ1) is 19.3. The van der Waals surface area contributed by atoms with Crippen LogP contribution in [0.2, 0.25) is 10.0 Å². The monoisotopic (exact) mass is 376 g/mol. The van der Waals surface area contributed by atoms with Crippen LogP contribution >= 0.6 is 23.2 Å². The van der Waals surface area contributed by atoms with E-state index in [0.717, 1.165) is 0 Å². The molecule has 2 atom stereocenters. The maximum atomic E-state index is 12.1. The van der Waals surface area contributed by atoms with Crippen molar-refractivity contribution in [3.05, 3.63) is 27.7 Å². The summed E-state index contributed by atoms with van der Waals surface area (Å²) in [5.74, 6) is -0.440. The van der Waals surface area contributed by atoms with Crippen molar-refractivity contribution in [2.45, 2.75) is 31.4 Å². The highest BCUT2D eigenvalue weighted by atomic mass is 35.5. The molecule has 0 saturated carbocycles. The van der Waals surface area contributed by atoms with Crippen LogP contribution in [0.5, 0.6) is 5.75 Å². The Hall–Kier alpha value is -1.05. The van der Waals surface area contributed by atoms with Gasteiger partial charge in [-0.3, -0.25) is 4.79 Å². The zero-order chi connectivity index (χ0) is 18.1. The molecule has 2 rings (SSSR count). The molecule has 0 spiro atoms. The highest BCUT2D eigenvalue weighted by Gasteiger charge is 2.36. The van der Waals surface area contributed by atoms with Crippen LogP contribution in [0.15, 0.2) is 12.1 Å². The van der Waals surface area contributed by atoms with Gasteiger partial charge in [0.1, 0.15) is 5.75 Å². The summed E-state index contributed by atoms with van der Waals surface area (Å²) in [5.41, 5.74) is 5.03. The van der Waals surface area contributed by atoms with E-state index in [2.05, 4.69) is 0 Å². The van der Waals surface area contributed by atoms with Gasteiger partial charge in [0.25, 0.3) is 5.91 Å². The van der Waals surface area contributed by atoms with Crippen LogP contribution in [0.25, 0.3) is 0 Å². The number of likely N-dealkylation sites (tertiary alicyclic amines) is 1. The standard InChI is InChI=1S/C16H22Cl2N2O4/c1-16(24,8-21)15(23)20-4-2-9(3-5-20)14(19)10-6-11(17)12(18)7-13(10)22/h6-7,9,14,21-22,24H,2-5,8,19H2,1H3/t14-,16?/m1/s1. The molecule has 0 aromatic heterocycles. The van der Waals surface area contributed by atoms with Gasteiger partial charge in [-0.1, -0.05) is 23.2 Å². The molecule has 1 aromatic carbocycles. The molecule has 1 unspecified atom stereocenters. The second kappa shape index (κ2) is 7.45. The number of nitrogens with zero attached hydrogens (tertiary/aromatic N) is 1. The number of aromatic hydroxyl groups is 1. The molecule has 0 aliphatic carbocycles. The normalized spacial score (nSPS) is 19.8. The number of carbonyl (C=O) groups excluding carboxylic acids is 1. The Balaban J connectivity index is 2.05. The molecule has 6 nitrogen and oxygen atoms in total. The van der Waals surface area contributed by atoms with E-state index in [1.807, 2.05) is 0 Å². The van der Waals surface area contributed by atoms with Gasteiger partial charge < -0.3 is 26.0 Å². The van der Waals surface area contributed by atoms with Crippen molar-refractivity contribution in [2.75, 3.05) is 19.7 Å². The Labute approximate surface area is 150 Å². The zero-order valence-corrected chi connectivity index (χ0v) is 14.9. The summed E-state index contributed by atoms with van der Waals surface area (Å²) in [6, 6.07) is 2.50. The molecule has 0 radical (unpaired) electrons. The largest absolute Gasteiger partial charge is 0.508 e. The second-order valence-electron chi connectivity index (χ2n) is 6.41. The predicted octanol–water partition coefficient (Wildman–Crippen LogP) is 1.68. The molecule has 1 aromatic rings. The van der Waals surface area contributed by atoms with Crippen molar-refractivity contribution in [3.8, 4) is 5.75 Å². The average Bonchev–Trinajstić information content (AvgIpc) is 2.57. The van der Waals surface area contributed by atoms with E-state index in [9.17, 15) is 15.0 Å². The van der Waals surface area contributed by atoms with Crippen LogP contribution < -0.4 is 5.73 Å². The number of nitrogens with two attached hydrogens (primary N) is 1. The van der Waals surface area contributed by atoms with Crippen molar-refractivity contribution in [1.29, 1.82) is 0 Å². The summed E-state index contributed by atoms with van der Waals surface area (Å²) in [5, 5.41) is 29.6. The number of halogens is 2. The van der Waals surface area contributed by atoms with Crippen molar-refractivity contribution >= 4 is 29.1 Å². The quantitative estimate of drug-likeness (QED) is 0.639. The predicted molar refractivity (Wildman–Crippen MR) is 92.1 cm³/mol. The summed E-state index contributed by atoms with van der Waals surface area (Å²) < 4.78 is 0. The Kier molecular flexibility index (Phi) is 5.99. The Morgan fingerprint density at radius 2 is 1.92 bits per heavy atom. The van der Waals surface area contributed by atoms with Gasteiger partial charge in [0.05, 0.1) is 16.7 Å². The first-order chi connectivity index (χ1) is 11.2. The number of rotatable bonds is 4. The Morgan fingerprint density at radius 1 is 1.38 bits per heavy atom. The Bertz CT molecular complexity index is 616. The molecule has 1 aliphatic heterocycles. The lowest BCUT2D eigenvalue weighted by Crippen LogP contribution is -2.52. The minimum absolute atomic E-state index is 0.00128. The van der Waals surface area contributed by atoms with Crippen LogP contribution in [0.4, 0.5) is 0 Å². The van der Waals surface area contributed by atoms with Gasteiger partial charge in [-0.05, 0) is 31.7 Å². The van der Waals surface area contributed by atoms with Crippen molar-refractivity contribution in [1.82, 2.24) is 4.90 Å². The van der Waals surface area contributed by atoms with E-state index in [1.54, 1.807) is 6.07 Å².